The minimum absolute atomic E-state index is 0.0386. The first kappa shape index (κ1) is 11.5. The summed E-state index contributed by atoms with van der Waals surface area (Å²) in [7, 11) is 0. The minimum Gasteiger partial charge on any atom is -0.397 e. The standard InChI is InChI=1S/C8H6Cl2F3N/c9-3-4-1-5(8(11,12)13)7(14)6(10)2-4/h1-2H,3,14H2. The number of hydrogen-bond acceptors (Lipinski definition) is 1. The van der Waals surface area contributed by atoms with Crippen LogP contribution >= 0.6 is 23.2 Å². The van der Waals surface area contributed by atoms with Crippen LogP contribution in [0.25, 0.3) is 0 Å². The highest BCUT2D eigenvalue weighted by Gasteiger charge is 2.34. The highest BCUT2D eigenvalue weighted by molar-refractivity contribution is 6.33. The Hall–Kier alpha value is -0.610. The van der Waals surface area contributed by atoms with Gasteiger partial charge in [0.25, 0.3) is 0 Å². The van der Waals surface area contributed by atoms with Gasteiger partial charge in [0.05, 0.1) is 16.3 Å². The van der Waals surface area contributed by atoms with Gasteiger partial charge in [-0.25, -0.2) is 0 Å². The van der Waals surface area contributed by atoms with E-state index in [-0.39, 0.29) is 16.5 Å². The molecular formula is C8H6Cl2F3N. The monoisotopic (exact) mass is 243 g/mol. The molecule has 0 bridgehead atoms. The van der Waals surface area contributed by atoms with Gasteiger partial charge < -0.3 is 5.73 Å². The number of halogens is 5. The van der Waals surface area contributed by atoms with Crippen LogP contribution in [-0.4, -0.2) is 0 Å². The predicted octanol–water partition coefficient (Wildman–Crippen LogP) is 3.68. The van der Waals surface area contributed by atoms with E-state index in [9.17, 15) is 13.2 Å². The van der Waals surface area contributed by atoms with Crippen molar-refractivity contribution in [1.82, 2.24) is 0 Å². The van der Waals surface area contributed by atoms with Gasteiger partial charge in [0, 0.05) is 5.88 Å². The SMILES string of the molecule is Nc1c(Cl)cc(CCl)cc1C(F)(F)F. The third-order valence-electron chi connectivity index (χ3n) is 1.65. The van der Waals surface area contributed by atoms with Crippen molar-refractivity contribution in [2.24, 2.45) is 0 Å². The fourth-order valence-corrected chi connectivity index (χ4v) is 1.38. The zero-order valence-corrected chi connectivity index (χ0v) is 8.34. The van der Waals surface area contributed by atoms with Crippen molar-refractivity contribution in [3.05, 3.63) is 28.3 Å². The number of hydrogen-bond donors (Lipinski definition) is 1. The Kier molecular flexibility index (Phi) is 3.17. The molecule has 0 saturated heterocycles. The molecule has 78 valence electrons. The molecule has 0 radical (unpaired) electrons. The zero-order valence-electron chi connectivity index (χ0n) is 6.83. The van der Waals surface area contributed by atoms with Gasteiger partial charge in [-0.05, 0) is 17.7 Å². The van der Waals surface area contributed by atoms with E-state index in [2.05, 4.69) is 0 Å². The quantitative estimate of drug-likeness (QED) is 0.591. The molecule has 0 aromatic heterocycles. The first-order valence-corrected chi connectivity index (χ1v) is 4.48. The van der Waals surface area contributed by atoms with E-state index < -0.39 is 17.4 Å². The average molecular weight is 244 g/mol. The van der Waals surface area contributed by atoms with Crippen molar-refractivity contribution in [1.29, 1.82) is 0 Å². The highest BCUT2D eigenvalue weighted by atomic mass is 35.5. The lowest BCUT2D eigenvalue weighted by molar-refractivity contribution is -0.136. The van der Waals surface area contributed by atoms with Crippen LogP contribution in [0.1, 0.15) is 11.1 Å². The minimum atomic E-state index is -4.50. The van der Waals surface area contributed by atoms with Crippen LogP contribution in [0.5, 0.6) is 0 Å². The number of alkyl halides is 4. The Morgan fingerprint density at radius 2 is 1.86 bits per heavy atom. The van der Waals surface area contributed by atoms with Crippen LogP contribution < -0.4 is 5.73 Å². The van der Waals surface area contributed by atoms with Crippen LogP contribution in [0.4, 0.5) is 18.9 Å². The summed E-state index contributed by atoms with van der Waals surface area (Å²) >= 11 is 10.9. The average Bonchev–Trinajstić information content (AvgIpc) is 2.07. The summed E-state index contributed by atoms with van der Waals surface area (Å²) < 4.78 is 37.1. The Labute approximate surface area is 88.6 Å². The maximum absolute atomic E-state index is 12.4. The van der Waals surface area contributed by atoms with Gasteiger partial charge in [0.2, 0.25) is 0 Å². The van der Waals surface area contributed by atoms with Gasteiger partial charge in [-0.15, -0.1) is 11.6 Å². The van der Waals surface area contributed by atoms with Gasteiger partial charge >= 0.3 is 6.18 Å². The van der Waals surface area contributed by atoms with Gasteiger partial charge in [-0.2, -0.15) is 13.2 Å². The smallest absolute Gasteiger partial charge is 0.397 e. The van der Waals surface area contributed by atoms with Crippen LogP contribution in [-0.2, 0) is 12.1 Å². The van der Waals surface area contributed by atoms with Crippen LogP contribution in [0.15, 0.2) is 12.1 Å². The Morgan fingerprint density at radius 1 is 1.29 bits per heavy atom. The molecule has 0 atom stereocenters. The lowest BCUT2D eigenvalue weighted by Crippen LogP contribution is -2.10. The lowest BCUT2D eigenvalue weighted by atomic mass is 10.1. The zero-order chi connectivity index (χ0) is 10.9. The molecule has 1 rings (SSSR count). The van der Waals surface area contributed by atoms with Crippen LogP contribution in [0.3, 0.4) is 0 Å². The van der Waals surface area contributed by atoms with Gasteiger partial charge in [0.15, 0.2) is 0 Å². The topological polar surface area (TPSA) is 26.0 Å². The number of nitrogen functional groups attached to an aromatic ring is 1. The predicted molar refractivity (Wildman–Crippen MR) is 50.4 cm³/mol. The summed E-state index contributed by atoms with van der Waals surface area (Å²) in [5.74, 6) is -0.0386. The lowest BCUT2D eigenvalue weighted by Gasteiger charge is -2.12. The molecule has 1 aromatic carbocycles. The van der Waals surface area contributed by atoms with Gasteiger partial charge in [0.1, 0.15) is 0 Å². The summed E-state index contributed by atoms with van der Waals surface area (Å²) in [5.41, 5.74) is 4.08. The summed E-state index contributed by atoms with van der Waals surface area (Å²) in [6.07, 6.45) is -4.50. The fraction of sp³-hybridized carbons (Fsp3) is 0.250. The molecule has 0 aliphatic carbocycles. The summed E-state index contributed by atoms with van der Waals surface area (Å²) in [5, 5.41) is -0.129. The van der Waals surface area contributed by atoms with E-state index in [1.165, 1.54) is 6.07 Å². The van der Waals surface area contributed by atoms with E-state index >= 15 is 0 Å². The normalized spacial score (nSPS) is 11.8. The summed E-state index contributed by atoms with van der Waals surface area (Å²) in [6.45, 7) is 0. The second-order valence-electron chi connectivity index (χ2n) is 2.67. The van der Waals surface area contributed by atoms with Crippen molar-refractivity contribution in [3.8, 4) is 0 Å². The molecule has 0 fully saturated rings. The van der Waals surface area contributed by atoms with Crippen molar-refractivity contribution < 1.29 is 13.2 Å². The molecule has 0 spiro atoms. The molecule has 6 heteroatoms. The third-order valence-corrected chi connectivity index (χ3v) is 2.27. The first-order chi connectivity index (χ1) is 6.36. The molecule has 1 aromatic rings. The fourth-order valence-electron chi connectivity index (χ4n) is 0.986. The second-order valence-corrected chi connectivity index (χ2v) is 3.34. The van der Waals surface area contributed by atoms with E-state index in [1.807, 2.05) is 0 Å². The Balaban J connectivity index is 3.35. The van der Waals surface area contributed by atoms with Gasteiger partial charge in [-0.1, -0.05) is 11.6 Å². The molecular weight excluding hydrogens is 238 g/mol. The van der Waals surface area contributed by atoms with E-state index in [1.54, 1.807) is 0 Å². The third kappa shape index (κ3) is 2.25. The summed E-state index contributed by atoms with van der Waals surface area (Å²) in [4.78, 5) is 0. The Bertz CT molecular complexity index is 349. The molecule has 0 saturated carbocycles. The highest BCUT2D eigenvalue weighted by Crippen LogP contribution is 2.37. The van der Waals surface area contributed by atoms with Crippen LogP contribution in [0, 0.1) is 0 Å². The largest absolute Gasteiger partial charge is 0.418 e. The molecule has 0 aliphatic rings. The van der Waals surface area contributed by atoms with E-state index in [4.69, 9.17) is 28.9 Å². The molecule has 2 N–H and O–H groups in total. The molecule has 14 heavy (non-hydrogen) atoms. The molecule has 0 unspecified atom stereocenters. The van der Waals surface area contributed by atoms with Crippen molar-refractivity contribution in [3.63, 3.8) is 0 Å². The van der Waals surface area contributed by atoms with Gasteiger partial charge in [-0.3, -0.25) is 0 Å². The first-order valence-electron chi connectivity index (χ1n) is 3.57. The van der Waals surface area contributed by atoms with E-state index in [0.717, 1.165) is 6.07 Å². The van der Waals surface area contributed by atoms with Crippen LogP contribution in [0.2, 0.25) is 5.02 Å². The molecule has 0 aliphatic heterocycles. The molecule has 0 heterocycles. The van der Waals surface area contributed by atoms with Crippen molar-refractivity contribution in [2.45, 2.75) is 12.1 Å². The van der Waals surface area contributed by atoms with E-state index in [0.29, 0.717) is 0 Å². The number of anilines is 1. The second kappa shape index (κ2) is 3.87. The molecule has 1 nitrogen and oxygen atoms in total. The van der Waals surface area contributed by atoms with Crippen molar-refractivity contribution >= 4 is 28.9 Å². The van der Waals surface area contributed by atoms with Crippen molar-refractivity contribution in [2.75, 3.05) is 5.73 Å². The number of rotatable bonds is 1. The maximum Gasteiger partial charge on any atom is 0.418 e. The maximum atomic E-state index is 12.4. The number of benzene rings is 1. The number of nitrogens with two attached hydrogens (primary N) is 1. The molecule has 0 amide bonds. The summed E-state index contributed by atoms with van der Waals surface area (Å²) in [6, 6.07) is 2.22. The Morgan fingerprint density at radius 3 is 2.29 bits per heavy atom.